The van der Waals surface area contributed by atoms with E-state index in [1.165, 1.54) is 12.1 Å². The van der Waals surface area contributed by atoms with E-state index in [0.717, 1.165) is 31.7 Å². The fourth-order valence-electron chi connectivity index (χ4n) is 1.63. The van der Waals surface area contributed by atoms with Gasteiger partial charge in [0.1, 0.15) is 10.6 Å². The van der Waals surface area contributed by atoms with Crippen LogP contribution in [0.1, 0.15) is 32.6 Å². The zero-order valence-electron chi connectivity index (χ0n) is 11.0. The molecule has 0 spiro atoms. The van der Waals surface area contributed by atoms with Gasteiger partial charge in [-0.25, -0.2) is 8.42 Å². The van der Waals surface area contributed by atoms with Gasteiger partial charge in [-0.2, -0.15) is 0 Å². The van der Waals surface area contributed by atoms with E-state index in [9.17, 15) is 18.5 Å². The van der Waals surface area contributed by atoms with Crippen molar-refractivity contribution >= 4 is 25.4 Å². The van der Waals surface area contributed by atoms with Crippen molar-refractivity contribution in [3.63, 3.8) is 0 Å². The van der Waals surface area contributed by atoms with Crippen molar-refractivity contribution in [3.05, 3.63) is 28.3 Å². The van der Waals surface area contributed by atoms with Gasteiger partial charge >= 0.3 is 0 Å². The van der Waals surface area contributed by atoms with E-state index in [1.54, 1.807) is 0 Å². The lowest BCUT2D eigenvalue weighted by molar-refractivity contribution is -0.385. The Morgan fingerprint density at radius 2 is 2.00 bits per heavy atom. The van der Waals surface area contributed by atoms with Crippen LogP contribution < -0.4 is 4.74 Å². The number of nitrogens with zero attached hydrogens (tertiary/aromatic N) is 1. The molecule has 0 aliphatic rings. The van der Waals surface area contributed by atoms with Gasteiger partial charge in [-0.3, -0.25) is 10.1 Å². The summed E-state index contributed by atoms with van der Waals surface area (Å²) in [7, 11) is 1.18. The normalized spacial score (nSPS) is 11.3. The number of rotatable bonds is 8. The minimum Gasteiger partial charge on any atom is -0.492 e. The van der Waals surface area contributed by atoms with Crippen LogP contribution in [-0.4, -0.2) is 19.9 Å². The molecular formula is C12H16ClNO5S. The van der Waals surface area contributed by atoms with Crippen molar-refractivity contribution in [3.8, 4) is 5.75 Å². The number of benzene rings is 1. The van der Waals surface area contributed by atoms with Crippen LogP contribution in [0.3, 0.4) is 0 Å². The third-order valence-electron chi connectivity index (χ3n) is 2.66. The van der Waals surface area contributed by atoms with Crippen LogP contribution in [0, 0.1) is 10.1 Å². The summed E-state index contributed by atoms with van der Waals surface area (Å²) in [4.78, 5) is 9.60. The number of ether oxygens (including phenoxy) is 1. The standard InChI is InChI=1S/C12H16ClNO5S/c1-2-3-4-5-8-19-11-7-6-10(14(15)16)9-12(11)20(13,17)18/h6-7,9H,2-5,8H2,1H3. The lowest BCUT2D eigenvalue weighted by Gasteiger charge is -2.09. The summed E-state index contributed by atoms with van der Waals surface area (Å²) in [5.74, 6) is 0.0436. The first-order valence-corrected chi connectivity index (χ1v) is 8.53. The molecule has 0 aromatic heterocycles. The third-order valence-corrected chi connectivity index (χ3v) is 4.00. The molecule has 0 aliphatic carbocycles. The minimum atomic E-state index is -4.09. The number of nitro groups is 1. The topological polar surface area (TPSA) is 86.5 Å². The number of nitro benzene ring substituents is 1. The highest BCUT2D eigenvalue weighted by Crippen LogP contribution is 2.30. The molecule has 1 rings (SSSR count). The van der Waals surface area contributed by atoms with Gasteiger partial charge in [0.15, 0.2) is 0 Å². The maximum atomic E-state index is 11.4. The Kier molecular flexibility index (Phi) is 6.22. The Hall–Kier alpha value is -1.34. The summed E-state index contributed by atoms with van der Waals surface area (Å²) < 4.78 is 28.2. The van der Waals surface area contributed by atoms with E-state index in [1.807, 2.05) is 0 Å². The second-order valence-electron chi connectivity index (χ2n) is 4.24. The molecule has 6 nitrogen and oxygen atoms in total. The molecular weight excluding hydrogens is 306 g/mol. The molecule has 1 aromatic carbocycles. The molecule has 0 amide bonds. The smallest absolute Gasteiger partial charge is 0.271 e. The van der Waals surface area contributed by atoms with Gasteiger partial charge in [0.2, 0.25) is 0 Å². The van der Waals surface area contributed by atoms with Gasteiger partial charge in [-0.1, -0.05) is 26.2 Å². The molecule has 20 heavy (non-hydrogen) atoms. The average molecular weight is 322 g/mol. The fraction of sp³-hybridized carbons (Fsp3) is 0.500. The highest BCUT2D eigenvalue weighted by atomic mass is 35.7. The molecule has 0 aliphatic heterocycles. The summed E-state index contributed by atoms with van der Waals surface area (Å²) in [6.07, 6.45) is 3.92. The zero-order valence-corrected chi connectivity index (χ0v) is 12.6. The van der Waals surface area contributed by atoms with Crippen LogP contribution >= 0.6 is 10.7 Å². The maximum Gasteiger partial charge on any atom is 0.271 e. The second kappa shape index (κ2) is 7.44. The first-order valence-electron chi connectivity index (χ1n) is 6.22. The first-order chi connectivity index (χ1) is 9.36. The molecule has 0 N–H and O–H groups in total. The van der Waals surface area contributed by atoms with Gasteiger partial charge in [-0.05, 0) is 12.5 Å². The average Bonchev–Trinajstić information content (AvgIpc) is 2.37. The molecule has 0 saturated carbocycles. The van der Waals surface area contributed by atoms with Gasteiger partial charge < -0.3 is 4.74 Å². The number of unbranched alkanes of at least 4 members (excludes halogenated alkanes) is 3. The van der Waals surface area contributed by atoms with Gasteiger partial charge in [0.05, 0.1) is 11.5 Å². The largest absolute Gasteiger partial charge is 0.492 e. The third kappa shape index (κ3) is 4.97. The molecule has 0 fully saturated rings. The van der Waals surface area contributed by atoms with Crippen molar-refractivity contribution in [1.82, 2.24) is 0 Å². The lowest BCUT2D eigenvalue weighted by Crippen LogP contribution is -2.03. The summed E-state index contributed by atoms with van der Waals surface area (Å²) in [6, 6.07) is 3.35. The van der Waals surface area contributed by atoms with Gasteiger partial charge in [0, 0.05) is 22.8 Å². The molecule has 1 aromatic rings. The predicted octanol–water partition coefficient (Wildman–Crippen LogP) is 3.48. The highest BCUT2D eigenvalue weighted by Gasteiger charge is 2.21. The highest BCUT2D eigenvalue weighted by molar-refractivity contribution is 8.13. The Balaban J connectivity index is 2.87. The SMILES string of the molecule is CCCCCCOc1ccc([N+](=O)[O-])cc1S(=O)(=O)Cl. The van der Waals surface area contributed by atoms with E-state index in [0.29, 0.717) is 6.61 Å². The van der Waals surface area contributed by atoms with Crippen molar-refractivity contribution in [1.29, 1.82) is 0 Å². The van der Waals surface area contributed by atoms with Crippen LogP contribution in [0.2, 0.25) is 0 Å². The quantitative estimate of drug-likeness (QED) is 0.316. The molecule has 0 radical (unpaired) electrons. The van der Waals surface area contributed by atoms with Crippen LogP contribution in [0.4, 0.5) is 5.69 Å². The van der Waals surface area contributed by atoms with Crippen LogP contribution in [0.15, 0.2) is 23.1 Å². The Labute approximate surface area is 122 Å². The number of hydrogen-bond donors (Lipinski definition) is 0. The van der Waals surface area contributed by atoms with Crippen LogP contribution in [-0.2, 0) is 9.05 Å². The van der Waals surface area contributed by atoms with Crippen molar-refractivity contribution in [2.75, 3.05) is 6.61 Å². The number of halogens is 1. The molecule has 0 atom stereocenters. The molecule has 0 bridgehead atoms. The van der Waals surface area contributed by atoms with Crippen molar-refractivity contribution in [2.45, 2.75) is 37.5 Å². The van der Waals surface area contributed by atoms with E-state index < -0.39 is 14.0 Å². The minimum absolute atomic E-state index is 0.0436. The van der Waals surface area contributed by atoms with Crippen molar-refractivity contribution in [2.24, 2.45) is 0 Å². The van der Waals surface area contributed by atoms with Crippen molar-refractivity contribution < 1.29 is 18.1 Å². The number of non-ortho nitro benzene ring substituents is 1. The molecule has 0 saturated heterocycles. The van der Waals surface area contributed by atoms with E-state index >= 15 is 0 Å². The summed E-state index contributed by atoms with van der Waals surface area (Å²) in [5, 5.41) is 10.7. The molecule has 112 valence electrons. The van der Waals surface area contributed by atoms with E-state index in [2.05, 4.69) is 6.92 Å². The molecule has 0 unspecified atom stereocenters. The van der Waals surface area contributed by atoms with Gasteiger partial charge in [-0.15, -0.1) is 0 Å². The monoisotopic (exact) mass is 321 g/mol. The maximum absolute atomic E-state index is 11.4. The molecule has 8 heteroatoms. The Morgan fingerprint density at radius 3 is 2.55 bits per heavy atom. The van der Waals surface area contributed by atoms with E-state index in [4.69, 9.17) is 15.4 Å². The lowest BCUT2D eigenvalue weighted by atomic mass is 10.2. The van der Waals surface area contributed by atoms with Crippen LogP contribution in [0.25, 0.3) is 0 Å². The summed E-state index contributed by atoms with van der Waals surface area (Å²) in [6.45, 7) is 2.42. The Morgan fingerprint density at radius 1 is 1.30 bits per heavy atom. The van der Waals surface area contributed by atoms with Gasteiger partial charge in [0.25, 0.3) is 14.7 Å². The number of hydrogen-bond acceptors (Lipinski definition) is 5. The van der Waals surface area contributed by atoms with Crippen LogP contribution in [0.5, 0.6) is 5.75 Å². The Bertz CT molecular complexity index is 573. The predicted molar refractivity (Wildman–Crippen MR) is 75.8 cm³/mol. The molecule has 0 heterocycles. The zero-order chi connectivity index (χ0) is 15.2. The summed E-state index contributed by atoms with van der Waals surface area (Å²) in [5.41, 5.74) is -0.345. The second-order valence-corrected chi connectivity index (χ2v) is 6.77. The van der Waals surface area contributed by atoms with E-state index in [-0.39, 0.29) is 16.3 Å². The summed E-state index contributed by atoms with van der Waals surface area (Å²) >= 11 is 0. The fourth-order valence-corrected chi connectivity index (χ4v) is 2.62. The first kappa shape index (κ1) is 16.7.